The minimum absolute atomic E-state index is 0.179. The van der Waals surface area contributed by atoms with Crippen molar-refractivity contribution in [3.05, 3.63) is 23.4 Å². The maximum absolute atomic E-state index is 12.5. The van der Waals surface area contributed by atoms with E-state index in [1.807, 2.05) is 0 Å². The largest absolute Gasteiger partial charge is 0.468 e. The monoisotopic (exact) mass is 275 g/mol. The van der Waals surface area contributed by atoms with Crippen LogP contribution in [-0.2, 0) is 12.8 Å². The Bertz CT molecular complexity index is 414. The fourth-order valence-electron chi connectivity index (χ4n) is 1.05. The Morgan fingerprint density at radius 1 is 1.17 bits per heavy atom. The molecule has 1 N–H and O–H groups in total. The van der Waals surface area contributed by atoms with Gasteiger partial charge < -0.3 is 9.84 Å². The lowest BCUT2D eigenvalue weighted by Gasteiger charge is -2.14. The number of hydrogen-bond acceptors (Lipinski definition) is 3. The van der Waals surface area contributed by atoms with Crippen molar-refractivity contribution in [2.75, 3.05) is 6.61 Å². The highest BCUT2D eigenvalue weighted by molar-refractivity contribution is 5.32. The number of halogens is 6. The van der Waals surface area contributed by atoms with Crippen LogP contribution in [0.2, 0.25) is 0 Å². The van der Waals surface area contributed by atoms with Gasteiger partial charge in [0.25, 0.3) is 0 Å². The summed E-state index contributed by atoms with van der Waals surface area (Å²) in [6, 6.07) is 0.485. The molecule has 1 aromatic heterocycles. The first-order chi connectivity index (χ1) is 8.13. The molecule has 1 rings (SSSR count). The summed E-state index contributed by atoms with van der Waals surface area (Å²) >= 11 is 0. The van der Waals surface area contributed by atoms with E-state index >= 15 is 0 Å². The van der Waals surface area contributed by atoms with Crippen LogP contribution in [0.3, 0.4) is 0 Å². The summed E-state index contributed by atoms with van der Waals surface area (Å²) in [6.45, 7) is -2.59. The van der Waals surface area contributed by atoms with E-state index in [0.717, 1.165) is 6.20 Å². The molecule has 0 aliphatic rings. The number of rotatable bonds is 3. The molecule has 0 atom stereocenters. The van der Waals surface area contributed by atoms with Crippen molar-refractivity contribution < 1.29 is 36.2 Å². The summed E-state index contributed by atoms with van der Waals surface area (Å²) in [5.74, 6) is -1.17. The van der Waals surface area contributed by atoms with Crippen molar-refractivity contribution in [3.63, 3.8) is 0 Å². The first kappa shape index (κ1) is 14.6. The van der Waals surface area contributed by atoms with Gasteiger partial charge in [-0.2, -0.15) is 26.3 Å². The lowest BCUT2D eigenvalue weighted by molar-refractivity contribution is -0.159. The van der Waals surface area contributed by atoms with E-state index in [1.54, 1.807) is 0 Å². The Labute approximate surface area is 97.0 Å². The average Bonchev–Trinajstić information content (AvgIpc) is 2.24. The SMILES string of the molecule is OCc1cnc(OCC(F)(F)F)c(C(F)(F)F)c1. The second-order valence-corrected chi connectivity index (χ2v) is 3.26. The highest BCUT2D eigenvalue weighted by Gasteiger charge is 2.37. The molecule has 0 aromatic carbocycles. The van der Waals surface area contributed by atoms with Gasteiger partial charge in [0.1, 0.15) is 5.56 Å². The Morgan fingerprint density at radius 3 is 2.22 bits per heavy atom. The van der Waals surface area contributed by atoms with E-state index in [0.29, 0.717) is 6.07 Å². The molecule has 0 aliphatic carbocycles. The normalized spacial score (nSPS) is 12.6. The fourth-order valence-corrected chi connectivity index (χ4v) is 1.05. The lowest BCUT2D eigenvalue weighted by atomic mass is 10.2. The van der Waals surface area contributed by atoms with Crippen molar-refractivity contribution in [1.29, 1.82) is 0 Å². The van der Waals surface area contributed by atoms with E-state index < -0.39 is 37.0 Å². The van der Waals surface area contributed by atoms with Gasteiger partial charge >= 0.3 is 12.4 Å². The molecule has 0 amide bonds. The van der Waals surface area contributed by atoms with Crippen LogP contribution in [0.1, 0.15) is 11.1 Å². The molecular formula is C9H7F6NO2. The molecule has 0 fully saturated rings. The molecule has 0 saturated carbocycles. The Balaban J connectivity index is 3.03. The van der Waals surface area contributed by atoms with E-state index in [1.165, 1.54) is 0 Å². The van der Waals surface area contributed by atoms with Crippen LogP contribution in [-0.4, -0.2) is 22.9 Å². The number of alkyl halides is 6. The van der Waals surface area contributed by atoms with Crippen molar-refractivity contribution >= 4 is 0 Å². The lowest BCUT2D eigenvalue weighted by Crippen LogP contribution is -2.21. The van der Waals surface area contributed by atoms with Gasteiger partial charge in [-0.25, -0.2) is 4.98 Å². The highest BCUT2D eigenvalue weighted by Crippen LogP contribution is 2.36. The quantitative estimate of drug-likeness (QED) is 0.862. The van der Waals surface area contributed by atoms with E-state index in [4.69, 9.17) is 5.11 Å². The number of aliphatic hydroxyl groups is 1. The molecule has 0 unspecified atom stereocenters. The molecule has 0 bridgehead atoms. The highest BCUT2D eigenvalue weighted by atomic mass is 19.4. The molecule has 0 spiro atoms. The first-order valence-electron chi connectivity index (χ1n) is 4.50. The van der Waals surface area contributed by atoms with Crippen molar-refractivity contribution in [2.24, 2.45) is 0 Å². The van der Waals surface area contributed by atoms with E-state index in [9.17, 15) is 26.3 Å². The van der Waals surface area contributed by atoms with Crippen LogP contribution >= 0.6 is 0 Å². The van der Waals surface area contributed by atoms with Crippen LogP contribution in [0.25, 0.3) is 0 Å². The zero-order valence-electron chi connectivity index (χ0n) is 8.64. The van der Waals surface area contributed by atoms with Gasteiger partial charge in [0.15, 0.2) is 6.61 Å². The molecule has 0 aliphatic heterocycles. The number of pyridine rings is 1. The predicted octanol–water partition coefficient (Wildman–Crippen LogP) is 2.53. The zero-order chi connectivity index (χ0) is 14.0. The predicted molar refractivity (Wildman–Crippen MR) is 46.7 cm³/mol. The third-order valence-corrected chi connectivity index (χ3v) is 1.77. The second-order valence-electron chi connectivity index (χ2n) is 3.26. The summed E-state index contributed by atoms with van der Waals surface area (Å²) in [5.41, 5.74) is -1.64. The molecule has 1 aromatic rings. The number of ether oxygens (including phenoxy) is 1. The van der Waals surface area contributed by atoms with Crippen LogP contribution < -0.4 is 4.74 Å². The molecular weight excluding hydrogens is 268 g/mol. The summed E-state index contributed by atoms with van der Waals surface area (Å²) < 4.78 is 77.0. The molecule has 0 saturated heterocycles. The van der Waals surface area contributed by atoms with Crippen LogP contribution in [0.15, 0.2) is 12.3 Å². The van der Waals surface area contributed by atoms with Crippen LogP contribution in [0.4, 0.5) is 26.3 Å². The van der Waals surface area contributed by atoms with Gasteiger partial charge in [-0.15, -0.1) is 0 Å². The van der Waals surface area contributed by atoms with Gasteiger partial charge in [0.05, 0.1) is 6.61 Å². The number of hydrogen-bond donors (Lipinski definition) is 1. The van der Waals surface area contributed by atoms with Gasteiger partial charge in [0.2, 0.25) is 5.88 Å². The van der Waals surface area contributed by atoms with Gasteiger partial charge in [0, 0.05) is 6.20 Å². The van der Waals surface area contributed by atoms with Crippen LogP contribution in [0.5, 0.6) is 5.88 Å². The Hall–Kier alpha value is -1.51. The number of aromatic nitrogens is 1. The molecule has 102 valence electrons. The molecule has 3 nitrogen and oxygen atoms in total. The standard InChI is InChI=1S/C9H7F6NO2/c10-8(11,12)4-18-7-6(9(13,14)15)1-5(3-17)2-16-7/h1-2,17H,3-4H2. The summed E-state index contributed by atoms with van der Waals surface area (Å²) in [5, 5.41) is 8.65. The minimum atomic E-state index is -4.92. The Kier molecular flexibility index (Phi) is 4.05. The zero-order valence-corrected chi connectivity index (χ0v) is 8.64. The third-order valence-electron chi connectivity index (χ3n) is 1.77. The second kappa shape index (κ2) is 5.01. The maximum atomic E-state index is 12.5. The summed E-state index contributed by atoms with van der Waals surface area (Å²) in [4.78, 5) is 3.12. The van der Waals surface area contributed by atoms with E-state index in [-0.39, 0.29) is 5.56 Å². The van der Waals surface area contributed by atoms with Gasteiger partial charge in [-0.3, -0.25) is 0 Å². The number of nitrogens with zero attached hydrogens (tertiary/aromatic N) is 1. The maximum Gasteiger partial charge on any atom is 0.422 e. The van der Waals surface area contributed by atoms with Gasteiger partial charge in [-0.05, 0) is 11.6 Å². The summed E-state index contributed by atoms with van der Waals surface area (Å²) in [7, 11) is 0. The van der Waals surface area contributed by atoms with Crippen molar-refractivity contribution in [2.45, 2.75) is 19.0 Å². The van der Waals surface area contributed by atoms with E-state index in [2.05, 4.69) is 9.72 Å². The first-order valence-corrected chi connectivity index (χ1v) is 4.50. The minimum Gasteiger partial charge on any atom is -0.468 e. The number of aliphatic hydroxyl groups excluding tert-OH is 1. The molecule has 18 heavy (non-hydrogen) atoms. The average molecular weight is 275 g/mol. The fraction of sp³-hybridized carbons (Fsp3) is 0.444. The molecule has 9 heteroatoms. The molecule has 0 radical (unpaired) electrons. The Morgan fingerprint density at radius 2 is 1.78 bits per heavy atom. The van der Waals surface area contributed by atoms with Crippen molar-refractivity contribution in [1.82, 2.24) is 4.98 Å². The topological polar surface area (TPSA) is 42.4 Å². The smallest absolute Gasteiger partial charge is 0.422 e. The van der Waals surface area contributed by atoms with Crippen molar-refractivity contribution in [3.8, 4) is 5.88 Å². The third kappa shape index (κ3) is 4.06. The summed E-state index contributed by atoms with van der Waals surface area (Å²) in [6.07, 6.45) is -8.87. The van der Waals surface area contributed by atoms with Gasteiger partial charge in [-0.1, -0.05) is 0 Å². The molecule has 1 heterocycles. The van der Waals surface area contributed by atoms with Crippen LogP contribution in [0, 0.1) is 0 Å².